The van der Waals surface area contributed by atoms with Gasteiger partial charge >= 0.3 is 15.4 Å². The van der Waals surface area contributed by atoms with Gasteiger partial charge in [0, 0.05) is 5.56 Å². The van der Waals surface area contributed by atoms with Crippen molar-refractivity contribution in [1.29, 1.82) is 0 Å². The third kappa shape index (κ3) is 8.02. The molecule has 320 valence electrons. The zero-order valence-corrected chi connectivity index (χ0v) is 35.7. The van der Waals surface area contributed by atoms with Gasteiger partial charge in [0.05, 0.1) is 36.3 Å². The first-order chi connectivity index (χ1) is 28.0. The van der Waals surface area contributed by atoms with Crippen LogP contribution >= 0.6 is 0 Å². The lowest BCUT2D eigenvalue weighted by atomic mass is 9.48. The summed E-state index contributed by atoms with van der Waals surface area (Å²) in [5.74, 6) is 2.14. The number of benzene rings is 3. The molecule has 59 heavy (non-hydrogen) atoms. The van der Waals surface area contributed by atoms with Crippen molar-refractivity contribution in [3.8, 4) is 5.75 Å². The van der Waals surface area contributed by atoms with E-state index in [1.54, 1.807) is 12.1 Å². The number of alkyl halides is 2. The Morgan fingerprint density at radius 3 is 1.56 bits per heavy atom. The Kier molecular flexibility index (Phi) is 11.1. The highest BCUT2D eigenvalue weighted by molar-refractivity contribution is 7.97. The smallest absolute Gasteiger partial charge is 0.405 e. The Balaban J connectivity index is 0.948. The Morgan fingerprint density at radius 1 is 0.695 bits per heavy atom. The van der Waals surface area contributed by atoms with Crippen LogP contribution in [0.25, 0.3) is 0 Å². The molecule has 6 unspecified atom stereocenters. The van der Waals surface area contributed by atoms with Crippen molar-refractivity contribution in [2.75, 3.05) is 13.2 Å². The Morgan fingerprint density at radius 2 is 1.12 bits per heavy atom. The number of aliphatic hydroxyl groups excluding tert-OH is 2. The topological polar surface area (TPSA) is 123 Å². The lowest BCUT2D eigenvalue weighted by molar-refractivity contribution is -0.248. The van der Waals surface area contributed by atoms with Crippen LogP contribution in [0.15, 0.2) is 93.5 Å². The van der Waals surface area contributed by atoms with Gasteiger partial charge in [-0.3, -0.25) is 4.55 Å². The van der Waals surface area contributed by atoms with Crippen molar-refractivity contribution in [3.63, 3.8) is 0 Å². The second-order valence-corrected chi connectivity index (χ2v) is 23.0. The van der Waals surface area contributed by atoms with E-state index >= 15 is 0 Å². The van der Waals surface area contributed by atoms with Crippen molar-refractivity contribution in [2.24, 2.45) is 46.3 Å². The lowest BCUT2D eigenvalue weighted by Gasteiger charge is -2.59. The van der Waals surface area contributed by atoms with Crippen molar-refractivity contribution < 1.29 is 46.2 Å². The average molecular weight is 854 g/mol. The van der Waals surface area contributed by atoms with Gasteiger partial charge < -0.3 is 24.4 Å². The first kappa shape index (κ1) is 41.8. The number of halogens is 2. The van der Waals surface area contributed by atoms with Crippen LogP contribution in [0.2, 0.25) is 0 Å². The van der Waals surface area contributed by atoms with E-state index in [9.17, 15) is 27.4 Å². The number of rotatable bonds is 16. The second-order valence-electron chi connectivity index (χ2n) is 19.5. The molecule has 8 saturated carbocycles. The summed E-state index contributed by atoms with van der Waals surface area (Å²) in [6, 6.07) is 25.1. The van der Waals surface area contributed by atoms with Crippen molar-refractivity contribution >= 4 is 21.0 Å². The molecule has 8 aliphatic rings. The van der Waals surface area contributed by atoms with Crippen molar-refractivity contribution in [3.05, 3.63) is 84.4 Å². The molecule has 8 nitrogen and oxygen atoms in total. The van der Waals surface area contributed by atoms with Crippen LogP contribution in [0, 0.1) is 46.3 Å². The van der Waals surface area contributed by atoms with Crippen molar-refractivity contribution in [2.45, 2.75) is 135 Å². The maximum atomic E-state index is 14.2. The van der Waals surface area contributed by atoms with E-state index in [1.807, 2.05) is 18.2 Å². The first-order valence-corrected chi connectivity index (χ1v) is 24.4. The van der Waals surface area contributed by atoms with E-state index in [1.165, 1.54) is 25.0 Å². The normalized spacial score (nSPS) is 35.4. The molecule has 0 radical (unpaired) electrons. The minimum absolute atomic E-state index is 0.0519. The summed E-state index contributed by atoms with van der Waals surface area (Å²) < 4.78 is 79.2. The first-order valence-electron chi connectivity index (χ1n) is 21.7. The average Bonchev–Trinajstić information content (AvgIpc) is 3.19. The molecule has 8 fully saturated rings. The molecule has 0 saturated heterocycles. The van der Waals surface area contributed by atoms with E-state index < -0.39 is 38.2 Å². The number of hydrogen-bond acceptors (Lipinski definition) is 7. The summed E-state index contributed by atoms with van der Waals surface area (Å²) in [5.41, 5.74) is 1.37. The van der Waals surface area contributed by atoms with Crippen LogP contribution in [0.4, 0.5) is 8.78 Å². The van der Waals surface area contributed by atoms with Gasteiger partial charge in [-0.1, -0.05) is 18.2 Å². The molecule has 0 amide bonds. The number of aliphatic hydroxyl groups is 2. The monoisotopic (exact) mass is 853 g/mol. The minimum atomic E-state index is -5.65. The number of ether oxygens (including phenoxy) is 3. The standard InChI is InChI=1S/C47H58F2O8S2/c1-30(47(48,49)59(52,53)54)57-38-10-14-41(15-11-38)58(39-6-4-3-5-7-39)40-12-8-37(9-13-40)44(2,55-18-16-45-24-31-20-33(26-45)42(50)34(21-31)27-45)56-19-17-46-25-32-22-35(28-46)43(51)36(23-32)29-46/h3-15,30-36,42-43,50-51H,16-29H2,1-2H3/p+1. The summed E-state index contributed by atoms with van der Waals surface area (Å²) in [4.78, 5) is 2.99. The fourth-order valence-electron chi connectivity index (χ4n) is 13.1. The minimum Gasteiger partial charge on any atom is -0.483 e. The van der Waals surface area contributed by atoms with E-state index in [0.717, 1.165) is 91.4 Å². The third-order valence-corrected chi connectivity index (χ3v) is 18.8. The van der Waals surface area contributed by atoms with Gasteiger partial charge in [-0.15, -0.1) is 0 Å². The van der Waals surface area contributed by atoms with Crippen LogP contribution in [0.5, 0.6) is 5.75 Å². The Bertz CT molecular complexity index is 1980. The van der Waals surface area contributed by atoms with E-state index in [4.69, 9.17) is 18.8 Å². The van der Waals surface area contributed by atoms with E-state index in [-0.39, 0.29) is 28.8 Å². The molecule has 0 aliphatic heterocycles. The maximum absolute atomic E-state index is 14.2. The summed E-state index contributed by atoms with van der Waals surface area (Å²) >= 11 is 0. The summed E-state index contributed by atoms with van der Waals surface area (Å²) in [5, 5.41) is 17.4. The molecule has 11 rings (SSSR count). The predicted octanol–water partition coefficient (Wildman–Crippen LogP) is 9.39. The summed E-state index contributed by atoms with van der Waals surface area (Å²) in [7, 11) is -6.25. The Hall–Kier alpha value is -2.58. The third-order valence-electron chi connectivity index (χ3n) is 15.5. The van der Waals surface area contributed by atoms with Gasteiger partial charge in [-0.05, 0) is 198 Å². The van der Waals surface area contributed by atoms with Crippen LogP contribution in [0.1, 0.15) is 96.5 Å². The van der Waals surface area contributed by atoms with Gasteiger partial charge in [0.15, 0.2) is 26.6 Å². The molecule has 3 aromatic carbocycles. The van der Waals surface area contributed by atoms with Crippen LogP contribution in [0.3, 0.4) is 0 Å². The van der Waals surface area contributed by atoms with Gasteiger partial charge in [0.2, 0.25) is 0 Å². The molecular formula is C47H59F2O8S2+. The van der Waals surface area contributed by atoms with Crippen LogP contribution < -0.4 is 4.74 Å². The highest BCUT2D eigenvalue weighted by atomic mass is 32.2. The number of hydrogen-bond donors (Lipinski definition) is 3. The maximum Gasteiger partial charge on any atom is 0.405 e. The highest BCUT2D eigenvalue weighted by Crippen LogP contribution is 2.63. The van der Waals surface area contributed by atoms with Gasteiger partial charge in [-0.25, -0.2) is 0 Å². The summed E-state index contributed by atoms with van der Waals surface area (Å²) in [6.45, 7) is 4.10. The second kappa shape index (κ2) is 15.6. The van der Waals surface area contributed by atoms with Gasteiger partial charge in [0.1, 0.15) is 5.75 Å². The molecule has 3 N–H and O–H groups in total. The van der Waals surface area contributed by atoms with E-state index in [2.05, 4.69) is 43.3 Å². The molecule has 0 aromatic heterocycles. The molecule has 0 heterocycles. The van der Waals surface area contributed by atoms with E-state index in [0.29, 0.717) is 48.7 Å². The molecule has 0 spiro atoms. The highest BCUT2D eigenvalue weighted by Gasteiger charge is 2.56. The quantitative estimate of drug-likeness (QED) is 0.0741. The summed E-state index contributed by atoms with van der Waals surface area (Å²) in [6.07, 6.45) is 10.9. The SMILES string of the molecule is CC(Oc1ccc([S+](c2ccccc2)c2ccc(C(C)(OCCC34CC5CC(C3)C(O)C(C5)C4)OCCC34CC5CC(C3)C(O)C(C5)C4)cc2)cc1)C(F)(F)S(=O)(=O)O. The van der Waals surface area contributed by atoms with Gasteiger partial charge in [0.25, 0.3) is 0 Å². The fourth-order valence-corrected chi connectivity index (χ4v) is 15.6. The molecule has 6 atom stereocenters. The lowest BCUT2D eigenvalue weighted by Crippen LogP contribution is -2.54. The molecular weight excluding hydrogens is 795 g/mol. The fraction of sp³-hybridized carbons (Fsp3) is 0.617. The van der Waals surface area contributed by atoms with Crippen LogP contribution in [-0.2, 0) is 36.3 Å². The molecule has 12 heteroatoms. The Labute approximate surface area is 350 Å². The van der Waals surface area contributed by atoms with Crippen molar-refractivity contribution in [1.82, 2.24) is 0 Å². The zero-order chi connectivity index (χ0) is 41.4. The molecule has 8 bridgehead atoms. The largest absolute Gasteiger partial charge is 0.483 e. The molecule has 3 aromatic rings. The van der Waals surface area contributed by atoms with Crippen LogP contribution in [-0.4, -0.2) is 60.0 Å². The zero-order valence-electron chi connectivity index (χ0n) is 34.1. The van der Waals surface area contributed by atoms with Gasteiger partial charge in [-0.2, -0.15) is 17.2 Å². The predicted molar refractivity (Wildman–Crippen MR) is 221 cm³/mol. The molecule has 8 aliphatic carbocycles.